The van der Waals surface area contributed by atoms with Crippen LogP contribution in [-0.4, -0.2) is 13.2 Å². The highest BCUT2D eigenvalue weighted by molar-refractivity contribution is 9.10. The van der Waals surface area contributed by atoms with Crippen molar-refractivity contribution in [2.24, 2.45) is 0 Å². The maximum atomic E-state index is 5.53. The third-order valence-corrected chi connectivity index (χ3v) is 4.05. The average molecular weight is 330 g/mol. The molecular formula is C17H16BrNO. The summed E-state index contributed by atoms with van der Waals surface area (Å²) in [7, 11) is 1.71. The van der Waals surface area contributed by atoms with Crippen LogP contribution in [0.5, 0.6) is 5.75 Å². The molecule has 0 bridgehead atoms. The van der Waals surface area contributed by atoms with Crippen molar-refractivity contribution >= 4 is 33.4 Å². The number of hydrogen-bond donors (Lipinski definition) is 0. The van der Waals surface area contributed by atoms with Crippen LogP contribution in [0.2, 0.25) is 0 Å². The van der Waals surface area contributed by atoms with Gasteiger partial charge in [-0.15, -0.1) is 0 Å². The molecule has 1 aliphatic heterocycles. The molecule has 2 aromatic carbocycles. The fourth-order valence-corrected chi connectivity index (χ4v) is 2.95. The Morgan fingerprint density at radius 3 is 2.70 bits per heavy atom. The highest BCUT2D eigenvalue weighted by Crippen LogP contribution is 2.41. The summed E-state index contributed by atoms with van der Waals surface area (Å²) in [4.78, 5) is 2.30. The maximum Gasteiger partial charge on any atom is 0.142 e. The molecule has 0 saturated heterocycles. The molecule has 0 radical (unpaired) electrons. The Morgan fingerprint density at radius 2 is 1.90 bits per heavy atom. The summed E-state index contributed by atoms with van der Waals surface area (Å²) < 4.78 is 6.58. The third-order valence-electron chi connectivity index (χ3n) is 3.56. The summed E-state index contributed by atoms with van der Waals surface area (Å²) in [6, 6.07) is 14.8. The van der Waals surface area contributed by atoms with Crippen LogP contribution in [0.15, 0.2) is 53.0 Å². The van der Waals surface area contributed by atoms with Crippen LogP contribution in [-0.2, 0) is 0 Å². The Morgan fingerprint density at radius 1 is 1.10 bits per heavy atom. The van der Waals surface area contributed by atoms with Crippen molar-refractivity contribution in [3.05, 3.63) is 58.6 Å². The van der Waals surface area contributed by atoms with E-state index in [9.17, 15) is 0 Å². The van der Waals surface area contributed by atoms with Crippen molar-refractivity contribution in [3.8, 4) is 5.75 Å². The van der Waals surface area contributed by atoms with Crippen LogP contribution < -0.4 is 9.64 Å². The molecule has 102 valence electrons. The predicted molar refractivity (Wildman–Crippen MR) is 87.8 cm³/mol. The van der Waals surface area contributed by atoms with Gasteiger partial charge in [-0.2, -0.15) is 0 Å². The van der Waals surface area contributed by atoms with E-state index in [0.717, 1.165) is 15.9 Å². The molecule has 0 amide bonds. The van der Waals surface area contributed by atoms with Gasteiger partial charge in [0, 0.05) is 16.2 Å². The molecule has 0 saturated carbocycles. The first-order chi connectivity index (χ1) is 9.70. The Bertz CT molecular complexity index is 666. The van der Waals surface area contributed by atoms with Crippen molar-refractivity contribution in [3.63, 3.8) is 0 Å². The Hall–Kier alpha value is -1.74. The number of fused-ring (bicyclic) bond motifs is 1. The zero-order chi connectivity index (χ0) is 14.1. The van der Waals surface area contributed by atoms with Gasteiger partial charge in [0.15, 0.2) is 0 Å². The fraction of sp³-hybridized carbons (Fsp3) is 0.176. The summed E-state index contributed by atoms with van der Waals surface area (Å²) in [5.41, 5.74) is 3.51. The first kappa shape index (κ1) is 13.3. The molecule has 1 heterocycles. The molecule has 20 heavy (non-hydrogen) atoms. The lowest BCUT2D eigenvalue weighted by Gasteiger charge is -2.34. The Balaban J connectivity index is 2.18. The average Bonchev–Trinajstić information content (AvgIpc) is 2.47. The van der Waals surface area contributed by atoms with E-state index in [0.29, 0.717) is 0 Å². The van der Waals surface area contributed by atoms with Crippen LogP contribution >= 0.6 is 15.9 Å². The monoisotopic (exact) mass is 329 g/mol. The largest absolute Gasteiger partial charge is 0.495 e. The fourth-order valence-electron chi connectivity index (χ4n) is 2.60. The highest BCUT2D eigenvalue weighted by atomic mass is 79.9. The summed E-state index contributed by atoms with van der Waals surface area (Å²) in [5.74, 6) is 0.880. The van der Waals surface area contributed by atoms with E-state index in [4.69, 9.17) is 4.74 Å². The van der Waals surface area contributed by atoms with Crippen LogP contribution in [0.25, 0.3) is 6.08 Å². The number of methoxy groups -OCH3 is 1. The normalized spacial score (nSPS) is 16.9. The summed E-state index contributed by atoms with van der Waals surface area (Å²) in [5, 5.41) is 0. The Kier molecular flexibility index (Phi) is 3.53. The molecule has 1 unspecified atom stereocenters. The highest BCUT2D eigenvalue weighted by Gasteiger charge is 2.23. The lowest BCUT2D eigenvalue weighted by molar-refractivity contribution is 0.415. The smallest absolute Gasteiger partial charge is 0.142 e. The van der Waals surface area contributed by atoms with Gasteiger partial charge < -0.3 is 9.64 Å². The first-order valence-corrected chi connectivity index (χ1v) is 7.40. The van der Waals surface area contributed by atoms with E-state index in [2.05, 4.69) is 70.2 Å². The van der Waals surface area contributed by atoms with Gasteiger partial charge in [0.1, 0.15) is 5.75 Å². The van der Waals surface area contributed by atoms with Crippen molar-refractivity contribution in [1.82, 2.24) is 0 Å². The topological polar surface area (TPSA) is 12.5 Å². The molecule has 1 aliphatic rings. The molecule has 0 spiro atoms. The Labute approximate surface area is 127 Å². The van der Waals surface area contributed by atoms with E-state index < -0.39 is 0 Å². The molecular weight excluding hydrogens is 314 g/mol. The van der Waals surface area contributed by atoms with Gasteiger partial charge in [0.05, 0.1) is 12.8 Å². The van der Waals surface area contributed by atoms with Gasteiger partial charge in [-0.25, -0.2) is 0 Å². The van der Waals surface area contributed by atoms with Crippen molar-refractivity contribution in [2.45, 2.75) is 13.0 Å². The van der Waals surface area contributed by atoms with Crippen LogP contribution in [0, 0.1) is 0 Å². The van der Waals surface area contributed by atoms with Gasteiger partial charge in [-0.05, 0) is 36.8 Å². The van der Waals surface area contributed by atoms with Gasteiger partial charge in [0.25, 0.3) is 0 Å². The molecule has 0 aliphatic carbocycles. The van der Waals surface area contributed by atoms with E-state index in [1.165, 1.54) is 11.3 Å². The zero-order valence-corrected chi connectivity index (χ0v) is 13.1. The second kappa shape index (κ2) is 5.33. The van der Waals surface area contributed by atoms with E-state index >= 15 is 0 Å². The van der Waals surface area contributed by atoms with Gasteiger partial charge in [-0.3, -0.25) is 0 Å². The van der Waals surface area contributed by atoms with Crippen LogP contribution in [0.4, 0.5) is 11.4 Å². The molecule has 3 heteroatoms. The maximum absolute atomic E-state index is 5.53. The summed E-state index contributed by atoms with van der Waals surface area (Å²) in [6.45, 7) is 2.19. The lowest BCUT2D eigenvalue weighted by Crippen LogP contribution is -2.29. The van der Waals surface area contributed by atoms with Crippen molar-refractivity contribution in [2.75, 3.05) is 12.0 Å². The van der Waals surface area contributed by atoms with E-state index in [-0.39, 0.29) is 6.04 Å². The number of rotatable bonds is 2. The number of benzene rings is 2. The number of halogens is 1. The van der Waals surface area contributed by atoms with Gasteiger partial charge >= 0.3 is 0 Å². The van der Waals surface area contributed by atoms with Crippen LogP contribution in [0.3, 0.4) is 0 Å². The summed E-state index contributed by atoms with van der Waals surface area (Å²) >= 11 is 3.55. The molecule has 1 atom stereocenters. The van der Waals surface area contributed by atoms with Crippen molar-refractivity contribution in [1.29, 1.82) is 0 Å². The second-order valence-corrected chi connectivity index (χ2v) is 5.76. The first-order valence-electron chi connectivity index (χ1n) is 6.60. The predicted octanol–water partition coefficient (Wildman–Crippen LogP) is 5.01. The number of nitrogens with zero attached hydrogens (tertiary/aromatic N) is 1. The minimum Gasteiger partial charge on any atom is -0.495 e. The standard InChI is InChI=1S/C17H16BrNO/c1-12-7-8-13-5-3-4-6-15(13)19(12)16-11-14(18)9-10-17(16)20-2/h3-12H,1-2H3. The third kappa shape index (κ3) is 2.22. The molecule has 3 rings (SSSR count). The zero-order valence-electron chi connectivity index (χ0n) is 11.5. The second-order valence-electron chi connectivity index (χ2n) is 4.84. The van der Waals surface area contributed by atoms with Crippen LogP contribution in [0.1, 0.15) is 12.5 Å². The minimum atomic E-state index is 0.285. The molecule has 0 N–H and O–H groups in total. The van der Waals surface area contributed by atoms with E-state index in [1.807, 2.05) is 12.1 Å². The number of anilines is 2. The van der Waals surface area contributed by atoms with Gasteiger partial charge in [-0.1, -0.05) is 46.3 Å². The van der Waals surface area contributed by atoms with Crippen molar-refractivity contribution < 1.29 is 4.74 Å². The lowest BCUT2D eigenvalue weighted by atomic mass is 10.0. The molecule has 0 fully saturated rings. The number of para-hydroxylation sites is 1. The number of ether oxygens (including phenoxy) is 1. The molecule has 0 aromatic heterocycles. The summed E-state index contributed by atoms with van der Waals surface area (Å²) in [6.07, 6.45) is 4.39. The molecule has 2 aromatic rings. The SMILES string of the molecule is COc1ccc(Br)cc1N1c2ccccc2C=CC1C. The number of hydrogen-bond acceptors (Lipinski definition) is 2. The van der Waals surface area contributed by atoms with E-state index in [1.54, 1.807) is 7.11 Å². The molecule has 2 nitrogen and oxygen atoms in total. The van der Waals surface area contributed by atoms with Gasteiger partial charge in [0.2, 0.25) is 0 Å². The quantitative estimate of drug-likeness (QED) is 0.767. The minimum absolute atomic E-state index is 0.285.